The monoisotopic (exact) mass is 410 g/mol. The summed E-state index contributed by atoms with van der Waals surface area (Å²) in [5.74, 6) is -0.512. The Balaban J connectivity index is 2.68. The predicted molar refractivity (Wildman–Crippen MR) is 120 cm³/mol. The van der Waals surface area contributed by atoms with Crippen molar-refractivity contribution in [1.82, 2.24) is 0 Å². The van der Waals surface area contributed by atoms with E-state index < -0.39 is 11.6 Å². The quantitative estimate of drug-likeness (QED) is 0.220. The molecule has 4 nitrogen and oxygen atoms in total. The largest absolute Gasteiger partial charge is 0.481 e. The molecule has 1 fully saturated rings. The summed E-state index contributed by atoms with van der Waals surface area (Å²) >= 11 is 0. The fourth-order valence-electron chi connectivity index (χ4n) is 4.86. The van der Waals surface area contributed by atoms with E-state index in [9.17, 15) is 15.0 Å². The molecule has 170 valence electrons. The van der Waals surface area contributed by atoms with Gasteiger partial charge in [-0.05, 0) is 50.4 Å². The van der Waals surface area contributed by atoms with E-state index in [1.165, 1.54) is 5.57 Å². The van der Waals surface area contributed by atoms with E-state index in [0.29, 0.717) is 6.42 Å². The highest BCUT2D eigenvalue weighted by Crippen LogP contribution is 2.43. The fourth-order valence-corrected chi connectivity index (χ4v) is 4.86. The normalized spacial score (nSPS) is 23.4. The zero-order valence-corrected chi connectivity index (χ0v) is 19.4. The van der Waals surface area contributed by atoms with Gasteiger partial charge in [-0.25, -0.2) is 0 Å². The van der Waals surface area contributed by atoms with Crippen molar-refractivity contribution in [2.75, 3.05) is 0 Å². The summed E-state index contributed by atoms with van der Waals surface area (Å²) < 4.78 is 0. The van der Waals surface area contributed by atoms with E-state index in [4.69, 9.17) is 5.11 Å². The van der Waals surface area contributed by atoms with E-state index in [2.05, 4.69) is 33.8 Å². The van der Waals surface area contributed by atoms with E-state index in [-0.39, 0.29) is 23.9 Å². The van der Waals surface area contributed by atoms with E-state index in [1.807, 2.05) is 0 Å². The van der Waals surface area contributed by atoms with Crippen LogP contribution in [0.2, 0.25) is 0 Å². The van der Waals surface area contributed by atoms with Crippen LogP contribution in [0.5, 0.6) is 0 Å². The summed E-state index contributed by atoms with van der Waals surface area (Å²) in [6, 6.07) is 0. The Morgan fingerprint density at radius 3 is 2.38 bits per heavy atom. The van der Waals surface area contributed by atoms with Crippen LogP contribution in [0.3, 0.4) is 0 Å². The molecule has 1 saturated carbocycles. The maximum absolute atomic E-state index is 11.5. The van der Waals surface area contributed by atoms with Crippen molar-refractivity contribution in [3.63, 3.8) is 0 Å². The maximum atomic E-state index is 11.5. The number of hydrogen-bond acceptors (Lipinski definition) is 3. The van der Waals surface area contributed by atoms with Gasteiger partial charge in [0.2, 0.25) is 0 Å². The molecule has 0 bridgehead atoms. The van der Waals surface area contributed by atoms with Gasteiger partial charge in [0.25, 0.3) is 0 Å². The summed E-state index contributed by atoms with van der Waals surface area (Å²) in [4.78, 5) is 10.6. The minimum Gasteiger partial charge on any atom is -0.481 e. The number of hydrogen-bond donors (Lipinski definition) is 3. The average molecular weight is 411 g/mol. The number of carboxylic acid groups (broad SMARTS) is 1. The van der Waals surface area contributed by atoms with E-state index in [1.54, 1.807) is 0 Å². The first kappa shape index (κ1) is 26.2. The van der Waals surface area contributed by atoms with Gasteiger partial charge >= 0.3 is 5.97 Å². The Kier molecular flexibility index (Phi) is 11.5. The third kappa shape index (κ3) is 8.41. The maximum Gasteiger partial charge on any atom is 0.303 e. The highest BCUT2D eigenvalue weighted by molar-refractivity contribution is 5.66. The molecule has 1 unspecified atom stereocenters. The van der Waals surface area contributed by atoms with Crippen molar-refractivity contribution >= 4 is 5.97 Å². The van der Waals surface area contributed by atoms with Crippen LogP contribution in [-0.4, -0.2) is 33.0 Å². The Bertz CT molecular complexity index is 511. The molecule has 0 radical (unpaired) electrons. The Morgan fingerprint density at radius 2 is 1.76 bits per heavy atom. The van der Waals surface area contributed by atoms with Crippen LogP contribution in [-0.2, 0) is 4.79 Å². The molecule has 0 aromatic heterocycles. The van der Waals surface area contributed by atoms with Gasteiger partial charge < -0.3 is 15.3 Å². The first-order valence-electron chi connectivity index (χ1n) is 12.0. The molecule has 1 aliphatic rings. The van der Waals surface area contributed by atoms with Crippen molar-refractivity contribution in [3.8, 4) is 0 Å². The molecular formula is C25H46O4. The molecule has 0 heterocycles. The van der Waals surface area contributed by atoms with Gasteiger partial charge in [0.05, 0.1) is 11.7 Å². The Labute approximate surface area is 178 Å². The summed E-state index contributed by atoms with van der Waals surface area (Å²) in [6.07, 6.45) is 14.4. The van der Waals surface area contributed by atoms with Gasteiger partial charge in [0.1, 0.15) is 0 Å². The molecule has 3 atom stereocenters. The number of aliphatic carboxylic acids is 1. The van der Waals surface area contributed by atoms with Crippen molar-refractivity contribution < 1.29 is 20.1 Å². The van der Waals surface area contributed by atoms with Gasteiger partial charge in [0.15, 0.2) is 0 Å². The standard InChI is InChI=1S/C25H46O4/c1-5-7-18-24(3,4)25(29,17-6-2)19-16-20-14-15-22(26)21(20)12-10-8-9-11-13-23(27)28/h16,21-22,26,29H,5-15,17-19H2,1-4H3,(H,27,28)/t21-,22+,25?/m1/s1. The van der Waals surface area contributed by atoms with Crippen LogP contribution < -0.4 is 0 Å². The number of aliphatic hydroxyl groups excluding tert-OH is 1. The van der Waals surface area contributed by atoms with Crippen LogP contribution in [0, 0.1) is 11.3 Å². The molecule has 0 aromatic rings. The Morgan fingerprint density at radius 1 is 1.07 bits per heavy atom. The third-order valence-corrected chi connectivity index (χ3v) is 7.11. The molecule has 0 aliphatic heterocycles. The van der Waals surface area contributed by atoms with Crippen LogP contribution in [0.4, 0.5) is 0 Å². The SMILES string of the molecule is CCCCC(C)(C)C(O)(CC=C1CC[C@H](O)[C@@H]1CCCCCCC(=O)O)CCC. The molecule has 0 spiro atoms. The Hall–Kier alpha value is -0.870. The number of carbonyl (C=O) groups is 1. The van der Waals surface area contributed by atoms with E-state index >= 15 is 0 Å². The molecule has 4 heteroatoms. The minimum atomic E-state index is -0.720. The van der Waals surface area contributed by atoms with Crippen LogP contribution >= 0.6 is 0 Å². The van der Waals surface area contributed by atoms with Crippen LogP contribution in [0.25, 0.3) is 0 Å². The average Bonchev–Trinajstić information content (AvgIpc) is 3.01. The summed E-state index contributed by atoms with van der Waals surface area (Å²) in [7, 11) is 0. The highest BCUT2D eigenvalue weighted by atomic mass is 16.4. The van der Waals surface area contributed by atoms with Crippen molar-refractivity contribution in [2.24, 2.45) is 11.3 Å². The lowest BCUT2D eigenvalue weighted by Crippen LogP contribution is -2.44. The second kappa shape index (κ2) is 12.7. The molecule has 0 aromatic carbocycles. The zero-order valence-electron chi connectivity index (χ0n) is 19.4. The van der Waals surface area contributed by atoms with E-state index in [0.717, 1.165) is 77.0 Å². The van der Waals surface area contributed by atoms with Crippen molar-refractivity contribution in [3.05, 3.63) is 11.6 Å². The zero-order chi connectivity index (χ0) is 21.9. The first-order chi connectivity index (χ1) is 13.7. The molecule has 3 N–H and O–H groups in total. The van der Waals surface area contributed by atoms with Crippen LogP contribution in [0.1, 0.15) is 118 Å². The number of rotatable bonds is 15. The third-order valence-electron chi connectivity index (χ3n) is 7.11. The molecule has 1 rings (SSSR count). The lowest BCUT2D eigenvalue weighted by atomic mass is 9.67. The molecule has 1 aliphatic carbocycles. The highest BCUT2D eigenvalue weighted by Gasteiger charge is 2.41. The molecule has 0 saturated heterocycles. The second-order valence-corrected chi connectivity index (χ2v) is 9.81. The molecule has 0 amide bonds. The minimum absolute atomic E-state index is 0.118. The number of unbranched alkanes of at least 4 members (excludes halogenated alkanes) is 4. The topological polar surface area (TPSA) is 77.8 Å². The lowest BCUT2D eigenvalue weighted by Gasteiger charge is -2.43. The van der Waals surface area contributed by atoms with Crippen molar-refractivity contribution in [2.45, 2.75) is 129 Å². The first-order valence-corrected chi connectivity index (χ1v) is 12.0. The lowest BCUT2D eigenvalue weighted by molar-refractivity contribution is -0.137. The van der Waals surface area contributed by atoms with Gasteiger partial charge in [-0.3, -0.25) is 4.79 Å². The summed E-state index contributed by atoms with van der Waals surface area (Å²) in [5, 5.41) is 30.7. The summed E-state index contributed by atoms with van der Waals surface area (Å²) in [5.41, 5.74) is 0.509. The second-order valence-electron chi connectivity index (χ2n) is 9.81. The van der Waals surface area contributed by atoms with Crippen molar-refractivity contribution in [1.29, 1.82) is 0 Å². The van der Waals surface area contributed by atoms with Gasteiger partial charge in [-0.2, -0.15) is 0 Å². The number of aliphatic hydroxyl groups is 2. The summed E-state index contributed by atoms with van der Waals surface area (Å²) in [6.45, 7) is 8.74. The van der Waals surface area contributed by atoms with Gasteiger partial charge in [-0.15, -0.1) is 0 Å². The fraction of sp³-hybridized carbons (Fsp3) is 0.880. The smallest absolute Gasteiger partial charge is 0.303 e. The number of carboxylic acids is 1. The molecule has 29 heavy (non-hydrogen) atoms. The molecular weight excluding hydrogens is 364 g/mol. The van der Waals surface area contributed by atoms with Crippen LogP contribution in [0.15, 0.2) is 11.6 Å². The van der Waals surface area contributed by atoms with Gasteiger partial charge in [-0.1, -0.05) is 77.9 Å². The predicted octanol–water partition coefficient (Wildman–Crippen LogP) is 6.25. The van der Waals surface area contributed by atoms with Gasteiger partial charge in [0, 0.05) is 12.3 Å².